The number of ether oxygens (including phenoxy) is 1. The topological polar surface area (TPSA) is 9.23 Å². The zero-order chi connectivity index (χ0) is 10.4. The van der Waals surface area contributed by atoms with Crippen molar-refractivity contribution in [1.29, 1.82) is 0 Å². The summed E-state index contributed by atoms with van der Waals surface area (Å²) in [6.07, 6.45) is 0. The van der Waals surface area contributed by atoms with Crippen LogP contribution >= 0.6 is 11.8 Å². The molecule has 0 amide bonds. The number of hydrogen-bond acceptors (Lipinski definition) is 2. The van der Waals surface area contributed by atoms with Crippen molar-refractivity contribution < 1.29 is 4.74 Å². The van der Waals surface area contributed by atoms with Gasteiger partial charge in [0.05, 0.1) is 7.11 Å². The Morgan fingerprint density at radius 2 is 2.00 bits per heavy atom. The molecule has 0 unspecified atom stereocenters. The highest BCUT2D eigenvalue weighted by atomic mass is 32.2. The summed E-state index contributed by atoms with van der Waals surface area (Å²) in [5.74, 6) is 0.832. The molecule has 0 spiro atoms. The lowest BCUT2D eigenvalue weighted by atomic mass is 10.3. The smallest absolute Gasteiger partial charge is 0.127 e. The van der Waals surface area contributed by atoms with Crippen molar-refractivity contribution in [3.63, 3.8) is 0 Å². The molecule has 1 aromatic carbocycles. The number of rotatable bonds is 4. The minimum atomic E-state index is 0.832. The van der Waals surface area contributed by atoms with Crippen LogP contribution in [0, 0.1) is 0 Å². The molecule has 14 heavy (non-hydrogen) atoms. The lowest BCUT2D eigenvalue weighted by Gasteiger charge is -2.04. The highest BCUT2D eigenvalue weighted by Crippen LogP contribution is 2.22. The van der Waals surface area contributed by atoms with Crippen molar-refractivity contribution in [2.45, 2.75) is 11.8 Å². The minimum absolute atomic E-state index is 0.832. The van der Waals surface area contributed by atoms with Crippen LogP contribution in [-0.4, -0.2) is 7.11 Å². The minimum Gasteiger partial charge on any atom is -0.496 e. The second-order valence-corrected chi connectivity index (χ2v) is 3.84. The summed E-state index contributed by atoms with van der Waals surface area (Å²) in [4.78, 5) is 1.20. The third kappa shape index (κ3) is 3.30. The second kappa shape index (κ2) is 5.55. The van der Waals surface area contributed by atoms with E-state index < -0.39 is 0 Å². The quantitative estimate of drug-likeness (QED) is 0.420. The zero-order valence-corrected chi connectivity index (χ0v) is 9.30. The molecule has 1 aromatic rings. The molecule has 0 aliphatic heterocycles. The van der Waals surface area contributed by atoms with E-state index in [9.17, 15) is 0 Å². The van der Waals surface area contributed by atoms with Gasteiger partial charge in [0, 0.05) is 10.3 Å². The number of methoxy groups -OCH3 is 1. The van der Waals surface area contributed by atoms with Gasteiger partial charge in [0.15, 0.2) is 0 Å². The van der Waals surface area contributed by atoms with Crippen LogP contribution in [0.25, 0.3) is 0 Å². The Hall–Kier alpha value is -1.15. The molecule has 0 aliphatic carbocycles. The number of allylic oxidation sites excluding steroid dienone is 1. The average molecular weight is 206 g/mol. The first-order valence-electron chi connectivity index (χ1n) is 4.36. The lowest BCUT2D eigenvalue weighted by Crippen LogP contribution is -1.85. The van der Waals surface area contributed by atoms with E-state index >= 15 is 0 Å². The van der Waals surface area contributed by atoms with Crippen molar-refractivity contribution in [1.82, 2.24) is 0 Å². The van der Waals surface area contributed by atoms with Crippen LogP contribution in [0.3, 0.4) is 0 Å². The normalized spacial score (nSPS) is 11.1. The van der Waals surface area contributed by atoms with E-state index in [-0.39, 0.29) is 0 Å². The predicted octanol–water partition coefficient (Wildman–Crippen LogP) is 3.84. The fraction of sp³-hybridized carbons (Fsp3) is 0.167. The van der Waals surface area contributed by atoms with Crippen LogP contribution < -0.4 is 0 Å². The fourth-order valence-electron chi connectivity index (χ4n) is 0.944. The Morgan fingerprint density at radius 1 is 1.36 bits per heavy atom. The van der Waals surface area contributed by atoms with E-state index in [0.717, 1.165) is 11.3 Å². The maximum atomic E-state index is 5.17. The van der Waals surface area contributed by atoms with Crippen LogP contribution in [-0.2, 0) is 4.74 Å². The first-order valence-corrected chi connectivity index (χ1v) is 5.23. The molecule has 0 saturated heterocycles. The molecule has 0 atom stereocenters. The molecule has 0 aliphatic rings. The Morgan fingerprint density at radius 3 is 2.50 bits per heavy atom. The van der Waals surface area contributed by atoms with Crippen LogP contribution in [0.5, 0.6) is 0 Å². The number of benzene rings is 1. The molecule has 0 aromatic heterocycles. The van der Waals surface area contributed by atoms with Crippen LogP contribution in [0.4, 0.5) is 0 Å². The van der Waals surface area contributed by atoms with Gasteiger partial charge >= 0.3 is 0 Å². The van der Waals surface area contributed by atoms with Gasteiger partial charge in [-0.25, -0.2) is 0 Å². The Kier molecular flexibility index (Phi) is 4.33. The maximum absolute atomic E-state index is 5.17. The average Bonchev–Trinajstić information content (AvgIpc) is 2.20. The van der Waals surface area contributed by atoms with Gasteiger partial charge in [-0.15, -0.1) is 0 Å². The second-order valence-electron chi connectivity index (χ2n) is 2.90. The standard InChI is InChI=1S/C12H14OS/c1-10(2)12(13-3)9-14-11-7-5-4-6-8-11/h4-9H,1H2,2-3H3/b12-9-. The van der Waals surface area contributed by atoms with E-state index in [1.54, 1.807) is 18.9 Å². The predicted molar refractivity (Wildman–Crippen MR) is 62.2 cm³/mol. The molecule has 0 radical (unpaired) electrons. The molecule has 1 nitrogen and oxygen atoms in total. The van der Waals surface area contributed by atoms with Gasteiger partial charge < -0.3 is 4.74 Å². The van der Waals surface area contributed by atoms with Gasteiger partial charge in [-0.1, -0.05) is 36.5 Å². The molecule has 1 rings (SSSR count). The third-order valence-corrected chi connectivity index (χ3v) is 2.56. The first kappa shape index (κ1) is 10.9. The summed E-state index contributed by atoms with van der Waals surface area (Å²) >= 11 is 1.63. The van der Waals surface area contributed by atoms with Gasteiger partial charge in [-0.2, -0.15) is 0 Å². The van der Waals surface area contributed by atoms with E-state index in [0.29, 0.717) is 0 Å². The highest BCUT2D eigenvalue weighted by Gasteiger charge is 1.96. The van der Waals surface area contributed by atoms with Gasteiger partial charge in [-0.05, 0) is 24.6 Å². The Labute approximate surface area is 89.5 Å². The SMILES string of the molecule is C=C(C)/C(=C/Sc1ccccc1)OC. The third-order valence-electron chi connectivity index (χ3n) is 1.69. The molecule has 0 saturated carbocycles. The Bertz CT molecular complexity index is 327. The van der Waals surface area contributed by atoms with Crippen LogP contribution in [0.15, 0.2) is 58.5 Å². The summed E-state index contributed by atoms with van der Waals surface area (Å²) in [5.41, 5.74) is 0.941. The molecular weight excluding hydrogens is 192 g/mol. The van der Waals surface area contributed by atoms with Crippen molar-refractivity contribution in [3.05, 3.63) is 53.7 Å². The first-order chi connectivity index (χ1) is 6.74. The molecule has 0 N–H and O–H groups in total. The summed E-state index contributed by atoms with van der Waals surface area (Å²) < 4.78 is 5.17. The largest absolute Gasteiger partial charge is 0.496 e. The molecular formula is C12H14OS. The number of hydrogen-bond donors (Lipinski definition) is 0. The zero-order valence-electron chi connectivity index (χ0n) is 8.49. The molecule has 0 fully saturated rings. The van der Waals surface area contributed by atoms with Crippen molar-refractivity contribution in [3.8, 4) is 0 Å². The summed E-state index contributed by atoms with van der Waals surface area (Å²) in [7, 11) is 1.66. The summed E-state index contributed by atoms with van der Waals surface area (Å²) in [5, 5.41) is 1.97. The summed E-state index contributed by atoms with van der Waals surface area (Å²) in [6, 6.07) is 10.2. The lowest BCUT2D eigenvalue weighted by molar-refractivity contribution is 0.302. The van der Waals surface area contributed by atoms with Crippen LogP contribution in [0.1, 0.15) is 6.92 Å². The monoisotopic (exact) mass is 206 g/mol. The Balaban J connectivity index is 2.66. The molecule has 74 valence electrons. The molecule has 0 heterocycles. The van der Waals surface area contributed by atoms with Crippen molar-refractivity contribution in [2.75, 3.05) is 7.11 Å². The molecule has 2 heteroatoms. The van der Waals surface area contributed by atoms with E-state index in [4.69, 9.17) is 4.74 Å². The van der Waals surface area contributed by atoms with Gasteiger partial charge in [0.1, 0.15) is 5.76 Å². The van der Waals surface area contributed by atoms with Crippen LogP contribution in [0.2, 0.25) is 0 Å². The van der Waals surface area contributed by atoms with E-state index in [2.05, 4.69) is 18.7 Å². The van der Waals surface area contributed by atoms with E-state index in [1.807, 2.05) is 30.5 Å². The van der Waals surface area contributed by atoms with Crippen molar-refractivity contribution >= 4 is 11.8 Å². The molecule has 0 bridgehead atoms. The number of thioether (sulfide) groups is 1. The fourth-order valence-corrected chi connectivity index (χ4v) is 1.80. The van der Waals surface area contributed by atoms with Gasteiger partial charge in [-0.3, -0.25) is 0 Å². The van der Waals surface area contributed by atoms with Gasteiger partial charge in [0.25, 0.3) is 0 Å². The highest BCUT2D eigenvalue weighted by molar-refractivity contribution is 8.02. The van der Waals surface area contributed by atoms with Crippen molar-refractivity contribution in [2.24, 2.45) is 0 Å². The van der Waals surface area contributed by atoms with Gasteiger partial charge in [0.2, 0.25) is 0 Å². The maximum Gasteiger partial charge on any atom is 0.127 e. The summed E-state index contributed by atoms with van der Waals surface area (Å²) in [6.45, 7) is 5.76. The van der Waals surface area contributed by atoms with E-state index in [1.165, 1.54) is 4.90 Å².